The van der Waals surface area contributed by atoms with E-state index in [1.807, 2.05) is 18.2 Å². The molecule has 0 N–H and O–H groups in total. The number of rotatable bonds is 1. The first-order valence-corrected chi connectivity index (χ1v) is 4.81. The van der Waals surface area contributed by atoms with Crippen molar-refractivity contribution in [1.29, 1.82) is 0 Å². The van der Waals surface area contributed by atoms with E-state index < -0.39 is 0 Å². The zero-order valence-electron chi connectivity index (χ0n) is 7.72. The molecule has 0 unspecified atom stereocenters. The second-order valence-electron chi connectivity index (χ2n) is 3.63. The highest BCUT2D eigenvalue weighted by atomic mass is 16.6. The highest BCUT2D eigenvalue weighted by molar-refractivity contribution is 5.93. The molecule has 2 atom stereocenters. The summed E-state index contributed by atoms with van der Waals surface area (Å²) in [5, 5.41) is 4.05. The van der Waals surface area contributed by atoms with Crippen molar-refractivity contribution in [2.45, 2.75) is 6.10 Å². The molecule has 0 radical (unpaired) electrons. The van der Waals surface area contributed by atoms with Crippen LogP contribution in [0.5, 0.6) is 0 Å². The summed E-state index contributed by atoms with van der Waals surface area (Å²) in [6.45, 7) is 1.41. The third kappa shape index (κ3) is 1.13. The third-order valence-corrected chi connectivity index (χ3v) is 2.70. The van der Waals surface area contributed by atoms with E-state index in [-0.39, 0.29) is 6.10 Å². The molecular weight excluding hydrogens is 178 g/mol. The third-order valence-electron chi connectivity index (χ3n) is 2.70. The Bertz CT molecular complexity index is 361. The number of ether oxygens (including phenoxy) is 1. The van der Waals surface area contributed by atoms with Crippen molar-refractivity contribution in [3.63, 3.8) is 0 Å². The number of fused-ring (bicyclic) bond motifs is 1. The summed E-state index contributed by atoms with van der Waals surface area (Å²) in [7, 11) is 0. The maximum absolute atomic E-state index is 5.70. The normalized spacial score (nSPS) is 29.6. The van der Waals surface area contributed by atoms with E-state index >= 15 is 0 Å². The van der Waals surface area contributed by atoms with E-state index in [1.54, 1.807) is 0 Å². The first kappa shape index (κ1) is 8.00. The van der Waals surface area contributed by atoms with Gasteiger partial charge in [0.2, 0.25) is 0 Å². The molecule has 3 rings (SSSR count). The average Bonchev–Trinajstić information content (AvgIpc) is 2.79. The largest absolute Gasteiger partial charge is 0.395 e. The molecule has 1 aromatic rings. The van der Waals surface area contributed by atoms with E-state index in [1.165, 1.54) is 5.56 Å². The van der Waals surface area contributed by atoms with Gasteiger partial charge in [0.1, 0.15) is 12.7 Å². The Morgan fingerprint density at radius 2 is 2.00 bits per heavy atom. The molecule has 1 aromatic carbocycles. The number of hydrogen-bond donors (Lipinski definition) is 0. The monoisotopic (exact) mass is 189 g/mol. The summed E-state index contributed by atoms with van der Waals surface area (Å²) in [5.41, 5.74) is 2.22. The fourth-order valence-electron chi connectivity index (χ4n) is 1.95. The zero-order valence-corrected chi connectivity index (χ0v) is 7.72. The zero-order chi connectivity index (χ0) is 9.38. The van der Waals surface area contributed by atoms with Crippen LogP contribution < -0.4 is 0 Å². The van der Waals surface area contributed by atoms with Gasteiger partial charge in [-0.1, -0.05) is 35.5 Å². The topological polar surface area (TPSA) is 30.8 Å². The van der Waals surface area contributed by atoms with Gasteiger partial charge in [0, 0.05) is 0 Å². The number of nitrogens with zero attached hydrogens (tertiary/aromatic N) is 1. The molecule has 3 nitrogen and oxygen atoms in total. The van der Waals surface area contributed by atoms with Crippen molar-refractivity contribution >= 4 is 5.71 Å². The van der Waals surface area contributed by atoms with Crippen molar-refractivity contribution in [2.24, 2.45) is 11.1 Å². The molecule has 0 spiro atoms. The molecule has 0 amide bonds. The average molecular weight is 189 g/mol. The highest BCUT2D eigenvalue weighted by Gasteiger charge is 2.38. The molecule has 2 aliphatic heterocycles. The van der Waals surface area contributed by atoms with Crippen LogP contribution in [0.1, 0.15) is 11.7 Å². The summed E-state index contributed by atoms with van der Waals surface area (Å²) in [6.07, 6.45) is 0.0173. The van der Waals surface area contributed by atoms with Gasteiger partial charge in [0.15, 0.2) is 0 Å². The predicted molar refractivity (Wildman–Crippen MR) is 52.0 cm³/mol. The molecule has 2 aliphatic rings. The summed E-state index contributed by atoms with van der Waals surface area (Å²) >= 11 is 0. The maximum Gasteiger partial charge on any atom is 0.127 e. The Morgan fingerprint density at radius 1 is 1.14 bits per heavy atom. The van der Waals surface area contributed by atoms with Gasteiger partial charge in [-0.2, -0.15) is 0 Å². The summed E-state index contributed by atoms with van der Waals surface area (Å²) < 4.78 is 5.70. The second kappa shape index (κ2) is 3.10. The minimum Gasteiger partial charge on any atom is -0.395 e. The minimum atomic E-state index is 0.0173. The summed E-state index contributed by atoms with van der Waals surface area (Å²) in [4.78, 5) is 5.07. The molecule has 1 fully saturated rings. The van der Waals surface area contributed by atoms with Crippen molar-refractivity contribution < 1.29 is 9.57 Å². The van der Waals surface area contributed by atoms with Gasteiger partial charge in [-0.15, -0.1) is 0 Å². The van der Waals surface area contributed by atoms with E-state index in [9.17, 15) is 0 Å². The SMILES string of the molecule is c1ccc([C@H]2OC[C@@H]3CON=C32)cc1. The first-order valence-electron chi connectivity index (χ1n) is 4.81. The van der Waals surface area contributed by atoms with Crippen LogP contribution >= 0.6 is 0 Å². The first-order chi connectivity index (χ1) is 6.95. The van der Waals surface area contributed by atoms with Crippen molar-refractivity contribution in [3.8, 4) is 0 Å². The lowest BCUT2D eigenvalue weighted by molar-refractivity contribution is 0.0792. The van der Waals surface area contributed by atoms with Crippen LogP contribution in [0.3, 0.4) is 0 Å². The fraction of sp³-hybridized carbons (Fsp3) is 0.364. The van der Waals surface area contributed by atoms with Crippen LogP contribution in [0.4, 0.5) is 0 Å². The number of oxime groups is 1. The van der Waals surface area contributed by atoms with E-state index in [0.717, 1.165) is 12.3 Å². The molecule has 0 saturated carbocycles. The molecule has 0 bridgehead atoms. The molecule has 72 valence electrons. The maximum atomic E-state index is 5.70. The van der Waals surface area contributed by atoms with E-state index in [4.69, 9.17) is 9.57 Å². The molecule has 14 heavy (non-hydrogen) atoms. The van der Waals surface area contributed by atoms with Gasteiger partial charge in [0.25, 0.3) is 0 Å². The van der Waals surface area contributed by atoms with E-state index in [2.05, 4.69) is 17.3 Å². The summed E-state index contributed by atoms with van der Waals surface area (Å²) in [6, 6.07) is 10.2. The van der Waals surface area contributed by atoms with Gasteiger partial charge in [-0.25, -0.2) is 0 Å². The van der Waals surface area contributed by atoms with Crippen molar-refractivity contribution in [2.75, 3.05) is 13.2 Å². The van der Waals surface area contributed by atoms with Crippen LogP contribution in [0.25, 0.3) is 0 Å². The number of benzene rings is 1. The standard InChI is InChI=1S/C11H11NO2/c1-2-4-8(5-3-1)11-10-9(6-13-11)7-14-12-10/h1-5,9,11H,6-7H2/t9-,11-/m1/s1. The quantitative estimate of drug-likeness (QED) is 0.674. The number of hydrogen-bond acceptors (Lipinski definition) is 3. The Labute approximate surface area is 82.3 Å². The smallest absolute Gasteiger partial charge is 0.127 e. The Hall–Kier alpha value is -1.35. The summed E-state index contributed by atoms with van der Waals surface area (Å²) in [5.74, 6) is 0.375. The lowest BCUT2D eigenvalue weighted by Gasteiger charge is -2.08. The molecule has 0 aromatic heterocycles. The van der Waals surface area contributed by atoms with Crippen LogP contribution in [-0.4, -0.2) is 18.9 Å². The Kier molecular flexibility index (Phi) is 1.77. The molecule has 0 aliphatic carbocycles. The predicted octanol–water partition coefficient (Wildman–Crippen LogP) is 1.76. The highest BCUT2D eigenvalue weighted by Crippen LogP contribution is 2.33. The Morgan fingerprint density at radius 3 is 2.86 bits per heavy atom. The molecule has 1 saturated heterocycles. The Balaban J connectivity index is 1.93. The van der Waals surface area contributed by atoms with Crippen LogP contribution in [-0.2, 0) is 9.57 Å². The van der Waals surface area contributed by atoms with Crippen LogP contribution in [0.15, 0.2) is 35.5 Å². The van der Waals surface area contributed by atoms with E-state index in [0.29, 0.717) is 12.5 Å². The van der Waals surface area contributed by atoms with Crippen molar-refractivity contribution in [3.05, 3.63) is 35.9 Å². The molecule has 3 heteroatoms. The minimum absolute atomic E-state index is 0.0173. The molecule has 2 heterocycles. The lowest BCUT2D eigenvalue weighted by atomic mass is 9.99. The van der Waals surface area contributed by atoms with Gasteiger partial charge in [-0.3, -0.25) is 0 Å². The van der Waals surface area contributed by atoms with Gasteiger partial charge >= 0.3 is 0 Å². The van der Waals surface area contributed by atoms with Crippen LogP contribution in [0.2, 0.25) is 0 Å². The fourth-order valence-corrected chi connectivity index (χ4v) is 1.95. The van der Waals surface area contributed by atoms with Gasteiger partial charge < -0.3 is 9.57 Å². The van der Waals surface area contributed by atoms with Crippen molar-refractivity contribution in [1.82, 2.24) is 0 Å². The second-order valence-corrected chi connectivity index (χ2v) is 3.63. The van der Waals surface area contributed by atoms with Gasteiger partial charge in [-0.05, 0) is 5.56 Å². The lowest BCUT2D eigenvalue weighted by Crippen LogP contribution is -2.11. The van der Waals surface area contributed by atoms with Crippen LogP contribution in [0, 0.1) is 5.92 Å². The molecular formula is C11H11NO2. The van der Waals surface area contributed by atoms with Gasteiger partial charge in [0.05, 0.1) is 18.2 Å².